The van der Waals surface area contributed by atoms with Crippen LogP contribution >= 0.6 is 0 Å². The molecule has 0 saturated carbocycles. The predicted molar refractivity (Wildman–Crippen MR) is 64.3 cm³/mol. The zero-order valence-electron chi connectivity index (χ0n) is 10.00. The smallest absolute Gasteiger partial charge is 0.247 e. The summed E-state index contributed by atoms with van der Waals surface area (Å²) in [6.07, 6.45) is -0.0450. The van der Waals surface area contributed by atoms with Crippen LogP contribution in [-0.4, -0.2) is 21.4 Å². The number of rotatable bonds is 4. The maximum atomic E-state index is 9.73. The lowest BCUT2D eigenvalue weighted by atomic mass is 10.0. The van der Waals surface area contributed by atoms with Crippen LogP contribution in [0.1, 0.15) is 19.7 Å². The molecular weight excluding hydrogens is 216 g/mol. The Balaban J connectivity index is 2.12. The van der Waals surface area contributed by atoms with Gasteiger partial charge < -0.3 is 9.52 Å². The second-order valence-corrected chi connectivity index (χ2v) is 4.38. The number of aliphatic hydroxyl groups excluding tert-OH is 1. The molecule has 1 heterocycles. The molecule has 1 atom stereocenters. The third-order valence-electron chi connectivity index (χ3n) is 2.64. The summed E-state index contributed by atoms with van der Waals surface area (Å²) in [6, 6.07) is 9.60. The highest BCUT2D eigenvalue weighted by atomic mass is 16.4. The molecule has 0 amide bonds. The summed E-state index contributed by atoms with van der Waals surface area (Å²) in [6.45, 7) is 3.91. The van der Waals surface area contributed by atoms with E-state index in [2.05, 4.69) is 10.2 Å². The Labute approximate surface area is 100 Å². The molecule has 0 fully saturated rings. The second-order valence-electron chi connectivity index (χ2n) is 4.38. The molecule has 90 valence electrons. The first-order valence-corrected chi connectivity index (χ1v) is 5.72. The van der Waals surface area contributed by atoms with Crippen molar-refractivity contribution in [3.05, 3.63) is 36.2 Å². The fourth-order valence-corrected chi connectivity index (χ4v) is 1.45. The van der Waals surface area contributed by atoms with Crippen molar-refractivity contribution < 1.29 is 9.52 Å². The summed E-state index contributed by atoms with van der Waals surface area (Å²) in [7, 11) is 0. The normalized spacial score (nSPS) is 12.9. The Morgan fingerprint density at radius 3 is 2.53 bits per heavy atom. The van der Waals surface area contributed by atoms with Crippen molar-refractivity contribution in [1.82, 2.24) is 10.2 Å². The number of aliphatic hydroxyl groups is 1. The van der Waals surface area contributed by atoms with Crippen LogP contribution in [-0.2, 0) is 6.42 Å². The Morgan fingerprint density at radius 2 is 1.88 bits per heavy atom. The fourth-order valence-electron chi connectivity index (χ4n) is 1.45. The summed E-state index contributed by atoms with van der Waals surface area (Å²) in [4.78, 5) is 0. The average molecular weight is 232 g/mol. The molecular formula is C13H16N2O2. The second kappa shape index (κ2) is 5.10. The van der Waals surface area contributed by atoms with Gasteiger partial charge in [0.2, 0.25) is 11.8 Å². The molecule has 0 aliphatic carbocycles. The van der Waals surface area contributed by atoms with Crippen LogP contribution in [0.15, 0.2) is 34.7 Å². The lowest BCUT2D eigenvalue weighted by molar-refractivity contribution is 0.118. The Bertz CT molecular complexity index is 465. The van der Waals surface area contributed by atoms with Crippen LogP contribution in [0.4, 0.5) is 0 Å². The van der Waals surface area contributed by atoms with Gasteiger partial charge >= 0.3 is 0 Å². The molecule has 0 bridgehead atoms. The lowest BCUT2D eigenvalue weighted by Crippen LogP contribution is -2.17. The van der Waals surface area contributed by atoms with Crippen LogP contribution in [0, 0.1) is 5.92 Å². The molecule has 2 rings (SSSR count). The standard InChI is InChI=1S/C13H16N2O2/c1-9(2)11(16)8-12-14-15-13(17-12)10-6-4-3-5-7-10/h3-7,9,11,16H,8H2,1-2H3/t11-/m0/s1. The van der Waals surface area contributed by atoms with Crippen LogP contribution in [0.2, 0.25) is 0 Å². The zero-order valence-corrected chi connectivity index (χ0v) is 10.00. The molecule has 4 nitrogen and oxygen atoms in total. The van der Waals surface area contributed by atoms with E-state index < -0.39 is 6.10 Å². The molecule has 0 saturated heterocycles. The van der Waals surface area contributed by atoms with E-state index in [0.29, 0.717) is 18.2 Å². The van der Waals surface area contributed by atoms with Crippen molar-refractivity contribution in [2.75, 3.05) is 0 Å². The third-order valence-corrected chi connectivity index (χ3v) is 2.64. The van der Waals surface area contributed by atoms with Gasteiger partial charge in [-0.3, -0.25) is 0 Å². The predicted octanol–water partition coefficient (Wildman–Crippen LogP) is 2.30. The van der Waals surface area contributed by atoms with Gasteiger partial charge in [-0.1, -0.05) is 32.0 Å². The van der Waals surface area contributed by atoms with Gasteiger partial charge in [-0.15, -0.1) is 10.2 Å². The quantitative estimate of drug-likeness (QED) is 0.878. The van der Waals surface area contributed by atoms with E-state index in [-0.39, 0.29) is 5.92 Å². The summed E-state index contributed by atoms with van der Waals surface area (Å²) in [5.74, 6) is 1.16. The summed E-state index contributed by atoms with van der Waals surface area (Å²) in [5.41, 5.74) is 0.894. The minimum atomic E-state index is -0.445. The van der Waals surface area contributed by atoms with E-state index in [1.54, 1.807) is 0 Å². The molecule has 17 heavy (non-hydrogen) atoms. The van der Waals surface area contributed by atoms with Gasteiger partial charge in [0.1, 0.15) is 0 Å². The number of hydrogen-bond donors (Lipinski definition) is 1. The van der Waals surface area contributed by atoms with E-state index in [0.717, 1.165) is 5.56 Å². The topological polar surface area (TPSA) is 59.2 Å². The maximum Gasteiger partial charge on any atom is 0.247 e. The molecule has 0 aliphatic heterocycles. The van der Waals surface area contributed by atoms with Crippen LogP contribution in [0.25, 0.3) is 11.5 Å². The minimum absolute atomic E-state index is 0.182. The van der Waals surface area contributed by atoms with Crippen molar-refractivity contribution in [3.63, 3.8) is 0 Å². The first-order valence-electron chi connectivity index (χ1n) is 5.72. The van der Waals surface area contributed by atoms with Gasteiger partial charge in [0.05, 0.1) is 12.5 Å². The summed E-state index contributed by atoms with van der Waals surface area (Å²) < 4.78 is 5.51. The monoisotopic (exact) mass is 232 g/mol. The van der Waals surface area contributed by atoms with Crippen molar-refractivity contribution in [2.45, 2.75) is 26.4 Å². The van der Waals surface area contributed by atoms with Crippen LogP contribution in [0.3, 0.4) is 0 Å². The molecule has 2 aromatic rings. The van der Waals surface area contributed by atoms with Crippen molar-refractivity contribution in [2.24, 2.45) is 5.92 Å². The van der Waals surface area contributed by atoms with E-state index in [4.69, 9.17) is 4.42 Å². The molecule has 1 N–H and O–H groups in total. The largest absolute Gasteiger partial charge is 0.421 e. The average Bonchev–Trinajstić information content (AvgIpc) is 2.78. The van der Waals surface area contributed by atoms with Gasteiger partial charge in [-0.2, -0.15) is 0 Å². The number of benzene rings is 1. The van der Waals surface area contributed by atoms with Gasteiger partial charge in [-0.05, 0) is 18.1 Å². The Hall–Kier alpha value is -1.68. The molecule has 0 spiro atoms. The maximum absolute atomic E-state index is 9.73. The van der Waals surface area contributed by atoms with E-state index >= 15 is 0 Å². The SMILES string of the molecule is CC(C)[C@@H](O)Cc1nnc(-c2ccccc2)o1. The molecule has 0 unspecified atom stereocenters. The number of aromatic nitrogens is 2. The van der Waals surface area contributed by atoms with Crippen LogP contribution < -0.4 is 0 Å². The van der Waals surface area contributed by atoms with E-state index in [1.165, 1.54) is 0 Å². The van der Waals surface area contributed by atoms with Gasteiger partial charge in [-0.25, -0.2) is 0 Å². The molecule has 4 heteroatoms. The highest BCUT2D eigenvalue weighted by molar-refractivity contribution is 5.51. The number of hydrogen-bond acceptors (Lipinski definition) is 4. The van der Waals surface area contributed by atoms with Gasteiger partial charge in [0, 0.05) is 5.56 Å². The van der Waals surface area contributed by atoms with Crippen molar-refractivity contribution >= 4 is 0 Å². The Kier molecular flexibility index (Phi) is 3.54. The third kappa shape index (κ3) is 2.91. The summed E-state index contributed by atoms with van der Waals surface area (Å²) >= 11 is 0. The molecule has 1 aromatic heterocycles. The van der Waals surface area contributed by atoms with Gasteiger partial charge in [0.25, 0.3) is 0 Å². The summed E-state index contributed by atoms with van der Waals surface area (Å²) in [5, 5.41) is 17.6. The van der Waals surface area contributed by atoms with Crippen molar-refractivity contribution in [1.29, 1.82) is 0 Å². The highest BCUT2D eigenvalue weighted by Gasteiger charge is 2.15. The van der Waals surface area contributed by atoms with E-state index in [1.807, 2.05) is 44.2 Å². The van der Waals surface area contributed by atoms with Gasteiger partial charge in [0.15, 0.2) is 0 Å². The van der Waals surface area contributed by atoms with Crippen molar-refractivity contribution in [3.8, 4) is 11.5 Å². The molecule has 0 radical (unpaired) electrons. The molecule has 0 aliphatic rings. The lowest BCUT2D eigenvalue weighted by Gasteiger charge is -2.10. The minimum Gasteiger partial charge on any atom is -0.421 e. The zero-order chi connectivity index (χ0) is 12.3. The highest BCUT2D eigenvalue weighted by Crippen LogP contribution is 2.18. The molecule has 1 aromatic carbocycles. The number of nitrogens with zero attached hydrogens (tertiary/aromatic N) is 2. The first kappa shape index (κ1) is 11.8. The fraction of sp³-hybridized carbons (Fsp3) is 0.385. The Morgan fingerprint density at radius 1 is 1.18 bits per heavy atom. The van der Waals surface area contributed by atoms with Crippen LogP contribution in [0.5, 0.6) is 0 Å². The first-order chi connectivity index (χ1) is 8.16. The van der Waals surface area contributed by atoms with E-state index in [9.17, 15) is 5.11 Å².